The Morgan fingerprint density at radius 3 is 1.54 bits per heavy atom. The van der Waals surface area contributed by atoms with Crippen LogP contribution in [-0.2, 0) is 9.84 Å². The minimum Gasteiger partial charge on any atom is -0.496 e. The van der Waals surface area contributed by atoms with Crippen molar-refractivity contribution in [1.29, 1.82) is 0 Å². The van der Waals surface area contributed by atoms with Gasteiger partial charge in [0.1, 0.15) is 17.2 Å². The number of hydrogen-bond donors (Lipinski definition) is 0. The lowest BCUT2D eigenvalue weighted by Crippen LogP contribution is -2.02. The molecule has 0 saturated heterocycles. The Morgan fingerprint density at radius 2 is 1.03 bits per heavy atom. The van der Waals surface area contributed by atoms with Gasteiger partial charge in [-0.05, 0) is 66.6 Å². The summed E-state index contributed by atoms with van der Waals surface area (Å²) in [5.74, 6) is 1.90. The van der Waals surface area contributed by atoms with Crippen LogP contribution < -0.4 is 9.47 Å². The normalized spacial score (nSPS) is 11.2. The van der Waals surface area contributed by atoms with Crippen molar-refractivity contribution in [3.05, 3.63) is 127 Å². The lowest BCUT2D eigenvalue weighted by molar-refractivity contribution is 0.415. The molecule has 0 saturated carbocycles. The van der Waals surface area contributed by atoms with Gasteiger partial charge in [0, 0.05) is 11.1 Å². The summed E-state index contributed by atoms with van der Waals surface area (Å²) in [7, 11) is -1.96. The lowest BCUT2D eigenvalue weighted by Gasteiger charge is -2.17. The number of rotatable bonds is 7. The molecule has 0 atom stereocenters. The number of aryl methyl sites for hydroxylation is 1. The van der Waals surface area contributed by atoms with Crippen molar-refractivity contribution in [2.75, 3.05) is 7.11 Å². The van der Waals surface area contributed by atoms with Gasteiger partial charge in [-0.3, -0.25) is 0 Å². The summed E-state index contributed by atoms with van der Waals surface area (Å²) in [4.78, 5) is 0.479. The molecule has 0 amide bonds. The molecule has 0 N–H and O–H groups in total. The second kappa shape index (κ2) is 10.3. The Labute approximate surface area is 217 Å². The van der Waals surface area contributed by atoms with Gasteiger partial charge in [-0.1, -0.05) is 78.4 Å². The Balaban J connectivity index is 1.54. The van der Waals surface area contributed by atoms with Gasteiger partial charge in [0.2, 0.25) is 9.84 Å². The van der Waals surface area contributed by atoms with E-state index in [1.807, 2.05) is 79.7 Å². The van der Waals surface area contributed by atoms with E-state index in [0.717, 1.165) is 33.6 Å². The first-order valence-electron chi connectivity index (χ1n) is 11.9. The Hall–Kier alpha value is -4.35. The first-order valence-corrected chi connectivity index (χ1v) is 13.4. The molecule has 0 radical (unpaired) electrons. The van der Waals surface area contributed by atoms with Gasteiger partial charge in [0.05, 0.1) is 16.9 Å². The standard InChI is InChI=1S/C32H26O4S/c1-23-13-17-27(18-14-23)37(33,34)28-19-15-26(16-20-28)36-32-22-29(24-9-5-3-6-10-24)31(35-2)21-30(32)25-11-7-4-8-12-25/h3-22H,1-2H3. The molecule has 0 aliphatic rings. The molecule has 0 heterocycles. The average molecular weight is 507 g/mol. The summed E-state index contributed by atoms with van der Waals surface area (Å²) >= 11 is 0. The fourth-order valence-electron chi connectivity index (χ4n) is 4.17. The largest absolute Gasteiger partial charge is 0.496 e. The maximum absolute atomic E-state index is 13.1. The smallest absolute Gasteiger partial charge is 0.206 e. The second-order valence-electron chi connectivity index (χ2n) is 8.67. The molecule has 0 aromatic heterocycles. The molecule has 5 heteroatoms. The quantitative estimate of drug-likeness (QED) is 0.225. The van der Waals surface area contributed by atoms with Crippen LogP contribution in [0.3, 0.4) is 0 Å². The molecule has 0 fully saturated rings. The van der Waals surface area contributed by atoms with Gasteiger partial charge < -0.3 is 9.47 Å². The van der Waals surface area contributed by atoms with Crippen molar-refractivity contribution in [2.45, 2.75) is 16.7 Å². The minimum atomic E-state index is -3.62. The van der Waals surface area contributed by atoms with Crippen LogP contribution in [-0.4, -0.2) is 15.5 Å². The molecule has 0 unspecified atom stereocenters. The van der Waals surface area contributed by atoms with E-state index in [1.165, 1.54) is 0 Å². The van der Waals surface area contributed by atoms with Gasteiger partial charge in [0.25, 0.3) is 0 Å². The molecule has 37 heavy (non-hydrogen) atoms. The SMILES string of the molecule is COc1cc(-c2ccccc2)c(Oc2ccc(S(=O)(=O)c3ccc(C)cc3)cc2)cc1-c1ccccc1. The van der Waals surface area contributed by atoms with Gasteiger partial charge in [0.15, 0.2) is 0 Å². The minimum absolute atomic E-state index is 0.215. The average Bonchev–Trinajstić information content (AvgIpc) is 2.94. The molecular weight excluding hydrogens is 480 g/mol. The van der Waals surface area contributed by atoms with Crippen molar-refractivity contribution in [3.8, 4) is 39.5 Å². The van der Waals surface area contributed by atoms with E-state index in [1.54, 1.807) is 55.6 Å². The van der Waals surface area contributed by atoms with Crippen molar-refractivity contribution < 1.29 is 17.9 Å². The van der Waals surface area contributed by atoms with Crippen LogP contribution in [0.15, 0.2) is 131 Å². The summed E-state index contributed by atoms with van der Waals surface area (Å²) in [5.41, 5.74) is 4.76. The maximum Gasteiger partial charge on any atom is 0.206 e. The van der Waals surface area contributed by atoms with E-state index < -0.39 is 9.84 Å². The van der Waals surface area contributed by atoms with Crippen molar-refractivity contribution in [2.24, 2.45) is 0 Å². The summed E-state index contributed by atoms with van der Waals surface area (Å²) in [6.07, 6.45) is 0. The van der Waals surface area contributed by atoms with Gasteiger partial charge in [-0.25, -0.2) is 8.42 Å². The third-order valence-corrected chi connectivity index (χ3v) is 7.95. The maximum atomic E-state index is 13.1. The molecule has 0 aliphatic carbocycles. The van der Waals surface area contributed by atoms with E-state index in [-0.39, 0.29) is 9.79 Å². The molecular formula is C32H26O4S. The molecule has 0 spiro atoms. The van der Waals surface area contributed by atoms with E-state index in [2.05, 4.69) is 0 Å². The number of methoxy groups -OCH3 is 1. The zero-order valence-corrected chi connectivity index (χ0v) is 21.4. The zero-order chi connectivity index (χ0) is 25.8. The van der Waals surface area contributed by atoms with E-state index in [0.29, 0.717) is 11.5 Å². The van der Waals surface area contributed by atoms with Crippen LogP contribution in [0, 0.1) is 6.92 Å². The van der Waals surface area contributed by atoms with E-state index >= 15 is 0 Å². The Morgan fingerprint density at radius 1 is 0.568 bits per heavy atom. The summed E-state index contributed by atoms with van der Waals surface area (Å²) in [5, 5.41) is 0. The third kappa shape index (κ3) is 5.13. The van der Waals surface area contributed by atoms with Crippen molar-refractivity contribution >= 4 is 9.84 Å². The molecule has 4 nitrogen and oxygen atoms in total. The molecule has 5 aromatic rings. The summed E-state index contributed by atoms with van der Waals surface area (Å²) in [6, 6.07) is 37.2. The second-order valence-corrected chi connectivity index (χ2v) is 10.6. The molecule has 5 rings (SSSR count). The molecule has 184 valence electrons. The highest BCUT2D eigenvalue weighted by Crippen LogP contribution is 2.42. The number of hydrogen-bond acceptors (Lipinski definition) is 4. The molecule has 0 bridgehead atoms. The highest BCUT2D eigenvalue weighted by molar-refractivity contribution is 7.91. The Kier molecular flexibility index (Phi) is 6.80. The van der Waals surface area contributed by atoms with E-state index in [4.69, 9.17) is 9.47 Å². The fourth-order valence-corrected chi connectivity index (χ4v) is 5.43. The monoisotopic (exact) mass is 506 g/mol. The van der Waals surface area contributed by atoms with Crippen LogP contribution in [0.25, 0.3) is 22.3 Å². The lowest BCUT2D eigenvalue weighted by atomic mass is 9.98. The van der Waals surface area contributed by atoms with Crippen LogP contribution >= 0.6 is 0 Å². The van der Waals surface area contributed by atoms with Gasteiger partial charge in [-0.15, -0.1) is 0 Å². The zero-order valence-electron chi connectivity index (χ0n) is 20.6. The first-order chi connectivity index (χ1) is 18.0. The molecule has 5 aromatic carbocycles. The van der Waals surface area contributed by atoms with E-state index in [9.17, 15) is 8.42 Å². The van der Waals surface area contributed by atoms with Crippen molar-refractivity contribution in [1.82, 2.24) is 0 Å². The van der Waals surface area contributed by atoms with Crippen LogP contribution in [0.1, 0.15) is 5.56 Å². The summed E-state index contributed by atoms with van der Waals surface area (Å²) < 4.78 is 38.3. The fraction of sp³-hybridized carbons (Fsp3) is 0.0625. The van der Waals surface area contributed by atoms with Gasteiger partial charge >= 0.3 is 0 Å². The van der Waals surface area contributed by atoms with Crippen LogP contribution in [0.5, 0.6) is 17.2 Å². The topological polar surface area (TPSA) is 52.6 Å². The van der Waals surface area contributed by atoms with Gasteiger partial charge in [-0.2, -0.15) is 0 Å². The highest BCUT2D eigenvalue weighted by atomic mass is 32.2. The highest BCUT2D eigenvalue weighted by Gasteiger charge is 2.19. The Bertz CT molecular complexity index is 1610. The number of sulfone groups is 1. The predicted molar refractivity (Wildman–Crippen MR) is 147 cm³/mol. The van der Waals surface area contributed by atoms with Crippen LogP contribution in [0.2, 0.25) is 0 Å². The van der Waals surface area contributed by atoms with Crippen LogP contribution in [0.4, 0.5) is 0 Å². The third-order valence-electron chi connectivity index (χ3n) is 6.16. The first kappa shape index (κ1) is 24.3. The van der Waals surface area contributed by atoms with Crippen molar-refractivity contribution in [3.63, 3.8) is 0 Å². The predicted octanol–water partition coefficient (Wildman–Crippen LogP) is 7.96. The number of ether oxygens (including phenoxy) is 2. The summed E-state index contributed by atoms with van der Waals surface area (Å²) in [6.45, 7) is 1.93. The number of benzene rings is 5. The molecule has 0 aliphatic heterocycles.